The topological polar surface area (TPSA) is 71.3 Å². The van der Waals surface area contributed by atoms with Crippen molar-refractivity contribution in [3.63, 3.8) is 0 Å². The van der Waals surface area contributed by atoms with Crippen molar-refractivity contribution in [1.29, 1.82) is 5.26 Å². The molecule has 0 fully saturated rings. The van der Waals surface area contributed by atoms with Crippen LogP contribution in [-0.2, 0) is 4.79 Å². The van der Waals surface area contributed by atoms with E-state index in [9.17, 15) is 10.1 Å². The van der Waals surface area contributed by atoms with Crippen molar-refractivity contribution in [2.45, 2.75) is 39.8 Å². The highest BCUT2D eigenvalue weighted by Gasteiger charge is 2.26. The fourth-order valence-electron chi connectivity index (χ4n) is 2.69. The third kappa shape index (κ3) is 5.49. The highest BCUT2D eigenvalue weighted by atomic mass is 16.5. The van der Waals surface area contributed by atoms with Crippen LogP contribution in [0.25, 0.3) is 0 Å². The zero-order chi connectivity index (χ0) is 19.8. The Kier molecular flexibility index (Phi) is 7.25. The second-order valence-electron chi connectivity index (χ2n) is 6.62. The van der Waals surface area contributed by atoms with E-state index in [1.807, 2.05) is 52.0 Å². The first kappa shape index (κ1) is 20.3. The maximum Gasteiger partial charge on any atom is 0.261 e. The molecule has 0 aliphatic heterocycles. The number of hydrogen-bond acceptors (Lipinski definition) is 4. The van der Waals surface area contributed by atoms with Gasteiger partial charge in [-0.3, -0.25) is 4.79 Å². The molecule has 5 heteroatoms. The minimum absolute atomic E-state index is 0.0516. The summed E-state index contributed by atoms with van der Waals surface area (Å²) in [7, 11) is 0. The van der Waals surface area contributed by atoms with Crippen LogP contribution in [-0.4, -0.2) is 18.6 Å². The average molecular weight is 366 g/mol. The lowest BCUT2D eigenvalue weighted by atomic mass is 10.0. The van der Waals surface area contributed by atoms with Crippen LogP contribution < -0.4 is 14.8 Å². The molecule has 27 heavy (non-hydrogen) atoms. The predicted octanol–water partition coefficient (Wildman–Crippen LogP) is 4.24. The minimum Gasteiger partial charge on any atom is -0.494 e. The van der Waals surface area contributed by atoms with Gasteiger partial charge >= 0.3 is 0 Å². The van der Waals surface area contributed by atoms with Crippen molar-refractivity contribution in [2.24, 2.45) is 5.92 Å². The van der Waals surface area contributed by atoms with Gasteiger partial charge in [-0.25, -0.2) is 0 Å². The summed E-state index contributed by atoms with van der Waals surface area (Å²) in [5.74, 6) is 0.960. The number of nitrogens with zero attached hydrogens (tertiary/aromatic N) is 1. The molecule has 0 aliphatic rings. The summed E-state index contributed by atoms with van der Waals surface area (Å²) in [4.78, 5) is 12.8. The molecule has 0 saturated carbocycles. The van der Waals surface area contributed by atoms with Gasteiger partial charge in [-0.05, 0) is 49.6 Å². The molecule has 0 heterocycles. The molecule has 2 rings (SSSR count). The van der Waals surface area contributed by atoms with Gasteiger partial charge in [0.15, 0.2) is 6.10 Å². The molecule has 5 nitrogen and oxygen atoms in total. The van der Waals surface area contributed by atoms with E-state index in [1.165, 1.54) is 0 Å². The summed E-state index contributed by atoms with van der Waals surface area (Å²) in [6.07, 6.45) is -0.690. The van der Waals surface area contributed by atoms with E-state index in [4.69, 9.17) is 9.47 Å². The Morgan fingerprint density at radius 2 is 1.78 bits per heavy atom. The van der Waals surface area contributed by atoms with E-state index in [2.05, 4.69) is 11.4 Å². The normalized spacial score (nSPS) is 12.7. The Morgan fingerprint density at radius 3 is 2.37 bits per heavy atom. The third-order valence-corrected chi connectivity index (χ3v) is 4.18. The van der Waals surface area contributed by atoms with Crippen molar-refractivity contribution >= 4 is 5.91 Å². The standard InChI is InChI=1S/C22H26N2O3/c1-5-26-19-12-10-17(11-13-19)16(4)24-22(25)21(15(2)3)27-20-9-7-6-8-18(20)14-23/h6-13,15-16,21H,5H2,1-4H3,(H,24,25). The fraction of sp³-hybridized carbons (Fsp3) is 0.364. The van der Waals surface area contributed by atoms with Gasteiger partial charge in [0, 0.05) is 0 Å². The van der Waals surface area contributed by atoms with Crippen molar-refractivity contribution in [1.82, 2.24) is 5.32 Å². The lowest BCUT2D eigenvalue weighted by molar-refractivity contribution is -0.130. The smallest absolute Gasteiger partial charge is 0.261 e. The number of hydrogen-bond donors (Lipinski definition) is 1. The van der Waals surface area contributed by atoms with Crippen LogP contribution in [0.5, 0.6) is 11.5 Å². The van der Waals surface area contributed by atoms with E-state index in [0.29, 0.717) is 17.9 Å². The van der Waals surface area contributed by atoms with Crippen LogP contribution in [0.15, 0.2) is 48.5 Å². The summed E-state index contributed by atoms with van der Waals surface area (Å²) in [6, 6.07) is 16.5. The Labute approximate surface area is 160 Å². The van der Waals surface area contributed by atoms with Gasteiger partial charge in [0.05, 0.1) is 18.2 Å². The van der Waals surface area contributed by atoms with Gasteiger partial charge in [-0.1, -0.05) is 38.1 Å². The Hall–Kier alpha value is -3.00. The lowest BCUT2D eigenvalue weighted by Crippen LogP contribution is -2.42. The van der Waals surface area contributed by atoms with Gasteiger partial charge < -0.3 is 14.8 Å². The predicted molar refractivity (Wildman–Crippen MR) is 105 cm³/mol. The van der Waals surface area contributed by atoms with Crippen LogP contribution in [0.2, 0.25) is 0 Å². The molecular formula is C22H26N2O3. The van der Waals surface area contributed by atoms with Crippen LogP contribution in [0.4, 0.5) is 0 Å². The third-order valence-electron chi connectivity index (χ3n) is 4.18. The fourth-order valence-corrected chi connectivity index (χ4v) is 2.69. The Morgan fingerprint density at radius 1 is 1.11 bits per heavy atom. The number of benzene rings is 2. The van der Waals surface area contributed by atoms with Crippen molar-refractivity contribution in [3.05, 3.63) is 59.7 Å². The zero-order valence-corrected chi connectivity index (χ0v) is 16.2. The number of nitrogens with one attached hydrogen (secondary N) is 1. The van der Waals surface area contributed by atoms with Gasteiger partial charge in [0.25, 0.3) is 5.91 Å². The summed E-state index contributed by atoms with van der Waals surface area (Å²) in [5, 5.41) is 12.2. The van der Waals surface area contributed by atoms with E-state index >= 15 is 0 Å². The largest absolute Gasteiger partial charge is 0.494 e. The molecule has 0 bridgehead atoms. The Balaban J connectivity index is 2.09. The molecule has 0 aromatic heterocycles. The van der Waals surface area contributed by atoms with Crippen molar-refractivity contribution < 1.29 is 14.3 Å². The molecule has 0 aliphatic carbocycles. The second-order valence-corrected chi connectivity index (χ2v) is 6.62. The first-order chi connectivity index (χ1) is 13.0. The van der Waals surface area contributed by atoms with E-state index in [1.54, 1.807) is 24.3 Å². The van der Waals surface area contributed by atoms with Gasteiger partial charge in [-0.15, -0.1) is 0 Å². The van der Waals surface area contributed by atoms with Crippen molar-refractivity contribution in [2.75, 3.05) is 6.61 Å². The van der Waals surface area contributed by atoms with Gasteiger partial charge in [0.2, 0.25) is 0 Å². The highest BCUT2D eigenvalue weighted by molar-refractivity contribution is 5.82. The number of rotatable bonds is 8. The lowest BCUT2D eigenvalue weighted by Gasteiger charge is -2.24. The summed E-state index contributed by atoms with van der Waals surface area (Å²) in [5.41, 5.74) is 1.39. The van der Waals surface area contributed by atoms with Crippen molar-refractivity contribution in [3.8, 4) is 17.6 Å². The maximum absolute atomic E-state index is 12.8. The molecule has 1 N–H and O–H groups in total. The number of amides is 1. The van der Waals surface area contributed by atoms with Crippen LogP contribution in [0, 0.1) is 17.2 Å². The van der Waals surface area contributed by atoms with Gasteiger partial charge in [-0.2, -0.15) is 5.26 Å². The summed E-state index contributed by atoms with van der Waals surface area (Å²) in [6.45, 7) is 8.31. The SMILES string of the molecule is CCOc1ccc(C(C)NC(=O)C(Oc2ccccc2C#N)C(C)C)cc1. The number of para-hydroxylation sites is 1. The maximum atomic E-state index is 12.8. The van der Waals surface area contributed by atoms with Crippen LogP contribution in [0.1, 0.15) is 44.9 Å². The summed E-state index contributed by atoms with van der Waals surface area (Å²) >= 11 is 0. The van der Waals surface area contributed by atoms with E-state index in [-0.39, 0.29) is 17.9 Å². The minimum atomic E-state index is -0.690. The first-order valence-corrected chi connectivity index (χ1v) is 9.15. The number of carbonyl (C=O) groups excluding carboxylic acids is 1. The number of nitriles is 1. The molecule has 2 atom stereocenters. The van der Waals surface area contributed by atoms with Crippen LogP contribution in [0.3, 0.4) is 0 Å². The zero-order valence-electron chi connectivity index (χ0n) is 16.2. The van der Waals surface area contributed by atoms with Gasteiger partial charge in [0.1, 0.15) is 17.6 Å². The number of ether oxygens (including phenoxy) is 2. The molecule has 0 spiro atoms. The molecule has 1 amide bonds. The average Bonchev–Trinajstić information content (AvgIpc) is 2.66. The molecule has 142 valence electrons. The highest BCUT2D eigenvalue weighted by Crippen LogP contribution is 2.22. The monoisotopic (exact) mass is 366 g/mol. The van der Waals surface area contributed by atoms with E-state index < -0.39 is 6.10 Å². The molecule has 2 unspecified atom stereocenters. The molecule has 0 saturated heterocycles. The first-order valence-electron chi connectivity index (χ1n) is 9.15. The Bertz CT molecular complexity index is 794. The van der Waals surface area contributed by atoms with E-state index in [0.717, 1.165) is 11.3 Å². The summed E-state index contributed by atoms with van der Waals surface area (Å²) < 4.78 is 11.3. The second kappa shape index (κ2) is 9.63. The molecular weight excluding hydrogens is 340 g/mol. The molecule has 0 radical (unpaired) electrons. The van der Waals surface area contributed by atoms with Crippen LogP contribution >= 0.6 is 0 Å². The molecule has 2 aromatic carbocycles. The number of carbonyl (C=O) groups is 1. The molecule has 2 aromatic rings. The quantitative estimate of drug-likeness (QED) is 0.758.